The molecule has 336 valence electrons. The van der Waals surface area contributed by atoms with Crippen LogP contribution in [0, 0.1) is 34.9 Å². The summed E-state index contributed by atoms with van der Waals surface area (Å²) in [6.45, 7) is 8.15. The SMILES string of the molecule is COC[C@@H]1C[C@H](C)CC/C=C\[C@@H]2C[C@@]2(C(=O)NS(=O)(=O)C2(C)CC2)CC(=O)[C@@H]2C[C@@H](Oc3nc4cc(OC)c(F)cc4nc3C(F)(F)F)CN2C(=O)[C@H]1CC(=O)OC(C)(C)C. The minimum atomic E-state index is -5.13. The van der Waals surface area contributed by atoms with Crippen molar-refractivity contribution in [1.82, 2.24) is 19.6 Å². The molecule has 1 saturated heterocycles. The summed E-state index contributed by atoms with van der Waals surface area (Å²) in [6, 6.07) is 0.423. The number of hydrogen-bond donors (Lipinski definition) is 1. The van der Waals surface area contributed by atoms with E-state index in [0.29, 0.717) is 32.1 Å². The van der Waals surface area contributed by atoms with E-state index in [1.165, 1.54) is 26.0 Å². The van der Waals surface area contributed by atoms with Gasteiger partial charge in [-0.25, -0.2) is 22.8 Å². The fraction of sp³-hybridized carbons (Fsp3) is 0.667. The molecule has 4 aliphatic rings. The third kappa shape index (κ3) is 10.1. The number of halogens is 4. The molecule has 1 N–H and O–H groups in total. The Bertz CT molecular complexity index is 2190. The van der Waals surface area contributed by atoms with Crippen molar-refractivity contribution >= 4 is 44.6 Å². The number of amides is 2. The van der Waals surface area contributed by atoms with E-state index in [-0.39, 0.29) is 36.6 Å². The molecule has 0 radical (unpaired) electrons. The number of sulfonamides is 1. The molecule has 0 spiro atoms. The van der Waals surface area contributed by atoms with Crippen LogP contribution in [0.2, 0.25) is 0 Å². The summed E-state index contributed by atoms with van der Waals surface area (Å²) in [7, 11) is -1.47. The Morgan fingerprint density at radius 1 is 1.05 bits per heavy atom. The number of benzene rings is 1. The van der Waals surface area contributed by atoms with Gasteiger partial charge in [-0.1, -0.05) is 19.1 Å². The zero-order valence-electron chi connectivity index (χ0n) is 35.4. The molecule has 2 saturated carbocycles. The lowest BCUT2D eigenvalue weighted by molar-refractivity contribution is -0.160. The normalized spacial score (nSPS) is 28.8. The summed E-state index contributed by atoms with van der Waals surface area (Å²) in [5.74, 6) is -7.32. The number of rotatable bonds is 10. The minimum Gasteiger partial charge on any atom is -0.494 e. The maximum Gasteiger partial charge on any atom is 0.438 e. The quantitative estimate of drug-likeness (QED) is 0.165. The lowest BCUT2D eigenvalue weighted by atomic mass is 9.81. The first kappa shape index (κ1) is 46.1. The standard InChI is InChI=1S/C42H54F4N4O10S/c1-23-10-8-9-11-25-19-41(25,38(54)49-61(55,56)40(5)12-13-40)20-32(51)31-15-26(21-50(31)37(53)27(24(14-23)22-57-6)16-34(52)60-39(2,3)4)59-36-35(42(44,45)46)47-29-17-28(43)33(58-7)18-30(29)48-36/h9,11,17-18,23-27,31H,8,10,12-16,19-22H2,1-7H3,(H,49,54)/b11-9-/t23-,24+,25-,26-,27+,31+,41-/m1/s1. The number of ketones is 1. The molecular weight excluding hydrogens is 829 g/mol. The Kier molecular flexibility index (Phi) is 12.9. The van der Waals surface area contributed by atoms with Crippen molar-refractivity contribution in [1.29, 1.82) is 0 Å². The molecule has 0 bridgehead atoms. The second kappa shape index (κ2) is 17.1. The number of alkyl halides is 3. The van der Waals surface area contributed by atoms with E-state index in [0.717, 1.165) is 12.1 Å². The number of nitrogens with zero attached hydrogens (tertiary/aromatic N) is 3. The molecule has 2 amide bonds. The number of aromatic nitrogens is 2. The lowest BCUT2D eigenvalue weighted by Gasteiger charge is -2.33. The number of allylic oxidation sites excluding steroid dienone is 2. The monoisotopic (exact) mass is 882 g/mol. The summed E-state index contributed by atoms with van der Waals surface area (Å²) < 4.78 is 108. The molecule has 0 unspecified atom stereocenters. The third-order valence-electron chi connectivity index (χ3n) is 12.2. The van der Waals surface area contributed by atoms with Gasteiger partial charge in [-0.05, 0) is 84.0 Å². The summed E-state index contributed by atoms with van der Waals surface area (Å²) in [5, 5.41) is 0. The average molecular weight is 883 g/mol. The summed E-state index contributed by atoms with van der Waals surface area (Å²) in [4.78, 5) is 66.1. The Morgan fingerprint density at radius 2 is 1.74 bits per heavy atom. The van der Waals surface area contributed by atoms with Crippen LogP contribution in [0.5, 0.6) is 11.6 Å². The number of esters is 1. The second-order valence-corrected chi connectivity index (χ2v) is 20.5. The van der Waals surface area contributed by atoms with Gasteiger partial charge in [0.05, 0.1) is 53.2 Å². The maximum absolute atomic E-state index is 15.0. The summed E-state index contributed by atoms with van der Waals surface area (Å²) in [5.41, 5.74) is -4.58. The molecule has 1 aromatic carbocycles. The predicted molar refractivity (Wildman–Crippen MR) is 212 cm³/mol. The predicted octanol–water partition coefficient (Wildman–Crippen LogP) is 6.10. The lowest BCUT2D eigenvalue weighted by Crippen LogP contribution is -2.48. The number of hydrogen-bond acceptors (Lipinski definition) is 12. The van der Waals surface area contributed by atoms with Crippen molar-refractivity contribution in [2.75, 3.05) is 27.4 Å². The molecule has 14 nitrogen and oxygen atoms in total. The molecular formula is C42H54F4N4O10S. The van der Waals surface area contributed by atoms with Gasteiger partial charge in [0, 0.05) is 38.7 Å². The van der Waals surface area contributed by atoms with Crippen LogP contribution in [-0.2, 0) is 44.9 Å². The molecule has 19 heteroatoms. The van der Waals surface area contributed by atoms with Crippen LogP contribution < -0.4 is 14.2 Å². The molecule has 61 heavy (non-hydrogen) atoms. The topological polar surface area (TPSA) is 180 Å². The van der Waals surface area contributed by atoms with Crippen LogP contribution in [0.25, 0.3) is 11.0 Å². The van der Waals surface area contributed by atoms with Crippen LogP contribution in [-0.4, -0.2) is 96.7 Å². The highest BCUT2D eigenvalue weighted by atomic mass is 32.2. The van der Waals surface area contributed by atoms with Crippen LogP contribution in [0.1, 0.15) is 98.1 Å². The molecule has 3 fully saturated rings. The fourth-order valence-corrected chi connectivity index (χ4v) is 9.81. The van der Waals surface area contributed by atoms with Gasteiger partial charge in [-0.2, -0.15) is 13.2 Å². The minimum absolute atomic E-state index is 0.00740. The number of ether oxygens (including phenoxy) is 4. The highest BCUT2D eigenvalue weighted by molar-refractivity contribution is 7.91. The molecule has 1 aromatic heterocycles. The van der Waals surface area contributed by atoms with Crippen LogP contribution in [0.4, 0.5) is 17.6 Å². The van der Waals surface area contributed by atoms with Gasteiger partial charge in [0.2, 0.25) is 33.4 Å². The van der Waals surface area contributed by atoms with Crippen LogP contribution >= 0.6 is 0 Å². The largest absolute Gasteiger partial charge is 0.494 e. The van der Waals surface area contributed by atoms with Gasteiger partial charge in [0.15, 0.2) is 17.3 Å². The zero-order valence-corrected chi connectivity index (χ0v) is 36.2. The first-order valence-electron chi connectivity index (χ1n) is 20.5. The molecule has 3 heterocycles. The fourth-order valence-electron chi connectivity index (χ4n) is 8.48. The van der Waals surface area contributed by atoms with Crippen molar-refractivity contribution in [2.24, 2.45) is 29.1 Å². The Morgan fingerprint density at radius 3 is 2.36 bits per heavy atom. The number of nitrogens with one attached hydrogen (secondary N) is 1. The van der Waals surface area contributed by atoms with Crippen LogP contribution in [0.15, 0.2) is 24.3 Å². The molecule has 2 aliphatic carbocycles. The van der Waals surface area contributed by atoms with Gasteiger partial charge in [-0.15, -0.1) is 0 Å². The number of carbonyl (C=O) groups is 4. The van der Waals surface area contributed by atoms with Crippen molar-refractivity contribution in [3.8, 4) is 11.6 Å². The van der Waals surface area contributed by atoms with E-state index in [1.54, 1.807) is 20.8 Å². The molecule has 2 aliphatic heterocycles. The van der Waals surface area contributed by atoms with Gasteiger partial charge >= 0.3 is 12.1 Å². The van der Waals surface area contributed by atoms with E-state index in [9.17, 15) is 40.4 Å². The van der Waals surface area contributed by atoms with E-state index < -0.39 is 128 Å². The van der Waals surface area contributed by atoms with Crippen molar-refractivity contribution in [2.45, 2.75) is 121 Å². The van der Waals surface area contributed by atoms with E-state index in [4.69, 9.17) is 18.9 Å². The molecule has 7 atom stereocenters. The first-order chi connectivity index (χ1) is 28.4. The molecule has 2 aromatic rings. The summed E-state index contributed by atoms with van der Waals surface area (Å²) >= 11 is 0. The van der Waals surface area contributed by atoms with E-state index in [2.05, 4.69) is 14.7 Å². The third-order valence-corrected chi connectivity index (χ3v) is 14.4. The van der Waals surface area contributed by atoms with E-state index >= 15 is 4.79 Å². The highest BCUT2D eigenvalue weighted by Gasteiger charge is 2.63. The first-order valence-corrected chi connectivity index (χ1v) is 21.9. The van der Waals surface area contributed by atoms with Crippen molar-refractivity contribution in [3.63, 3.8) is 0 Å². The van der Waals surface area contributed by atoms with Gasteiger partial charge in [0.25, 0.3) is 0 Å². The summed E-state index contributed by atoms with van der Waals surface area (Å²) in [6.07, 6.45) is -1.46. The Hall–Kier alpha value is -4.39. The smallest absolute Gasteiger partial charge is 0.438 e. The maximum atomic E-state index is 15.0. The van der Waals surface area contributed by atoms with Crippen molar-refractivity contribution < 1.29 is 64.1 Å². The average Bonchev–Trinajstić information content (AvgIpc) is 4.03. The highest BCUT2D eigenvalue weighted by Crippen LogP contribution is 2.58. The second-order valence-electron chi connectivity index (χ2n) is 18.3. The van der Waals surface area contributed by atoms with Crippen LogP contribution in [0.3, 0.4) is 0 Å². The van der Waals surface area contributed by atoms with Gasteiger partial charge in [-0.3, -0.25) is 23.9 Å². The van der Waals surface area contributed by atoms with E-state index in [1.807, 2.05) is 19.1 Å². The van der Waals surface area contributed by atoms with Gasteiger partial charge in [0.1, 0.15) is 11.7 Å². The Balaban J connectivity index is 1.41. The number of carbonyl (C=O) groups excluding carboxylic acids is 4. The molecule has 6 rings (SSSR count). The van der Waals surface area contributed by atoms with Gasteiger partial charge < -0.3 is 23.8 Å². The Labute approximate surface area is 352 Å². The number of Topliss-reactive ketones (excluding diaryl/α,β-unsaturated/α-hetero) is 1. The van der Waals surface area contributed by atoms with Crippen molar-refractivity contribution in [3.05, 3.63) is 35.8 Å². The zero-order chi connectivity index (χ0) is 44.9. The number of fused-ring (bicyclic) bond motifs is 3. The number of methoxy groups -OCH3 is 2.